The van der Waals surface area contributed by atoms with E-state index < -0.39 is 15.9 Å². The molecule has 0 radical (unpaired) electrons. The number of nitrogens with one attached hydrogen (secondary N) is 1. The zero-order chi connectivity index (χ0) is 19.8. The lowest BCUT2D eigenvalue weighted by molar-refractivity contribution is -0.112. The minimum atomic E-state index is -3.56. The van der Waals surface area contributed by atoms with E-state index in [-0.39, 0.29) is 29.1 Å². The van der Waals surface area contributed by atoms with Gasteiger partial charge in [-0.1, -0.05) is 26.8 Å². The zero-order valence-corrected chi connectivity index (χ0v) is 16.6. The average Bonchev–Trinajstić information content (AvgIpc) is 2.59. The van der Waals surface area contributed by atoms with Crippen molar-refractivity contribution in [2.45, 2.75) is 26.2 Å². The van der Waals surface area contributed by atoms with E-state index in [1.165, 1.54) is 7.11 Å². The van der Waals surface area contributed by atoms with Crippen molar-refractivity contribution in [1.29, 1.82) is 0 Å². The molecule has 1 N–H and O–H groups in total. The SMILES string of the molecule is COc1ccc(C(C)(C)C)cc1NC(=O)C1=CC=CN2CCS(=O)(=O)N=C12. The van der Waals surface area contributed by atoms with Gasteiger partial charge in [0.15, 0.2) is 5.84 Å². The van der Waals surface area contributed by atoms with Gasteiger partial charge in [0, 0.05) is 12.7 Å². The van der Waals surface area contributed by atoms with Crippen LogP contribution in [0.15, 0.2) is 46.5 Å². The smallest absolute Gasteiger partial charge is 0.259 e. The minimum Gasteiger partial charge on any atom is -0.495 e. The van der Waals surface area contributed by atoms with Crippen LogP contribution in [0.25, 0.3) is 0 Å². The van der Waals surface area contributed by atoms with Crippen LogP contribution in [-0.4, -0.2) is 44.5 Å². The molecular formula is C19H23N3O4S. The number of sulfonamides is 1. The second kappa shape index (κ2) is 6.84. The Morgan fingerprint density at radius 3 is 2.70 bits per heavy atom. The highest BCUT2D eigenvalue weighted by atomic mass is 32.2. The lowest BCUT2D eigenvalue weighted by Gasteiger charge is -2.28. The second-order valence-corrected chi connectivity index (χ2v) is 9.19. The summed E-state index contributed by atoms with van der Waals surface area (Å²) in [5.41, 5.74) is 1.66. The Hall–Kier alpha value is -2.61. The molecule has 0 aliphatic carbocycles. The third kappa shape index (κ3) is 4.05. The fourth-order valence-corrected chi connectivity index (χ4v) is 3.84. The van der Waals surface area contributed by atoms with Crippen molar-refractivity contribution in [2.75, 3.05) is 24.7 Å². The van der Waals surface area contributed by atoms with Crippen molar-refractivity contribution < 1.29 is 17.9 Å². The Balaban J connectivity index is 1.94. The second-order valence-electron chi connectivity index (χ2n) is 7.44. The third-order valence-electron chi connectivity index (χ3n) is 4.42. The van der Waals surface area contributed by atoms with Gasteiger partial charge in [0.25, 0.3) is 15.9 Å². The summed E-state index contributed by atoms with van der Waals surface area (Å²) in [6.45, 7) is 6.50. The highest BCUT2D eigenvalue weighted by Gasteiger charge is 2.30. The molecule has 8 heteroatoms. The Morgan fingerprint density at radius 2 is 2.04 bits per heavy atom. The quantitative estimate of drug-likeness (QED) is 0.858. The molecule has 0 spiro atoms. The van der Waals surface area contributed by atoms with E-state index in [4.69, 9.17) is 4.74 Å². The van der Waals surface area contributed by atoms with Gasteiger partial charge in [-0.3, -0.25) is 4.79 Å². The number of carbonyl (C=O) groups excluding carboxylic acids is 1. The summed E-state index contributed by atoms with van der Waals surface area (Å²) in [5, 5.41) is 2.84. The van der Waals surface area contributed by atoms with Gasteiger partial charge in [-0.15, -0.1) is 4.40 Å². The topological polar surface area (TPSA) is 88.1 Å². The molecule has 0 unspecified atom stereocenters. The number of nitrogens with zero attached hydrogens (tertiary/aromatic N) is 2. The van der Waals surface area contributed by atoms with Gasteiger partial charge in [0.05, 0.1) is 24.1 Å². The number of hydrogen-bond acceptors (Lipinski definition) is 5. The molecule has 0 bridgehead atoms. The van der Waals surface area contributed by atoms with E-state index in [1.54, 1.807) is 29.3 Å². The van der Waals surface area contributed by atoms with Crippen molar-refractivity contribution in [3.8, 4) is 5.75 Å². The molecule has 2 aliphatic rings. The summed E-state index contributed by atoms with van der Waals surface area (Å²) in [6, 6.07) is 5.63. The zero-order valence-electron chi connectivity index (χ0n) is 15.8. The van der Waals surface area contributed by atoms with Crippen LogP contribution in [0.5, 0.6) is 5.75 Å². The summed E-state index contributed by atoms with van der Waals surface area (Å²) in [7, 11) is -2.03. The Morgan fingerprint density at radius 1 is 1.30 bits per heavy atom. The fourth-order valence-electron chi connectivity index (χ4n) is 2.86. The van der Waals surface area contributed by atoms with E-state index in [2.05, 4.69) is 30.5 Å². The van der Waals surface area contributed by atoms with Gasteiger partial charge < -0.3 is 15.0 Å². The van der Waals surface area contributed by atoms with Gasteiger partial charge >= 0.3 is 0 Å². The van der Waals surface area contributed by atoms with Crippen LogP contribution < -0.4 is 10.1 Å². The fraction of sp³-hybridized carbons (Fsp3) is 0.368. The van der Waals surface area contributed by atoms with Crippen LogP contribution in [-0.2, 0) is 20.2 Å². The number of allylic oxidation sites excluding steroid dienone is 2. The van der Waals surface area contributed by atoms with Crippen LogP contribution >= 0.6 is 0 Å². The molecule has 3 rings (SSSR count). The minimum absolute atomic E-state index is 0.0722. The molecule has 0 saturated heterocycles. The van der Waals surface area contributed by atoms with Crippen molar-refractivity contribution in [3.63, 3.8) is 0 Å². The van der Waals surface area contributed by atoms with Crippen molar-refractivity contribution in [1.82, 2.24) is 4.90 Å². The number of benzene rings is 1. The van der Waals surface area contributed by atoms with E-state index in [0.29, 0.717) is 11.4 Å². The number of fused-ring (bicyclic) bond motifs is 1. The molecule has 27 heavy (non-hydrogen) atoms. The number of anilines is 1. The van der Waals surface area contributed by atoms with Crippen LogP contribution in [0.3, 0.4) is 0 Å². The van der Waals surface area contributed by atoms with E-state index >= 15 is 0 Å². The Bertz CT molecular complexity index is 969. The monoisotopic (exact) mass is 389 g/mol. The van der Waals surface area contributed by atoms with E-state index in [9.17, 15) is 13.2 Å². The molecule has 2 aliphatic heterocycles. The van der Waals surface area contributed by atoms with Crippen LogP contribution in [0.4, 0.5) is 5.69 Å². The number of methoxy groups -OCH3 is 1. The maximum atomic E-state index is 12.9. The molecule has 144 valence electrons. The van der Waals surface area contributed by atoms with E-state index in [1.807, 2.05) is 12.1 Å². The first-order chi connectivity index (χ1) is 12.6. The van der Waals surface area contributed by atoms with Crippen molar-refractivity contribution >= 4 is 27.5 Å². The number of amidine groups is 1. The standard InChI is InChI=1S/C19H23N3O4S/c1-19(2,3)13-7-8-16(26-4)15(12-13)20-18(23)14-6-5-9-22-10-11-27(24,25)21-17(14)22/h5-9,12H,10-11H2,1-4H3,(H,20,23). The van der Waals surface area contributed by atoms with Gasteiger partial charge in [0.2, 0.25) is 0 Å². The molecule has 0 atom stereocenters. The van der Waals surface area contributed by atoms with Crippen LogP contribution in [0.1, 0.15) is 26.3 Å². The Labute approximate surface area is 159 Å². The first kappa shape index (κ1) is 19.2. The number of rotatable bonds is 3. The first-order valence-corrected chi connectivity index (χ1v) is 10.2. The molecular weight excluding hydrogens is 366 g/mol. The summed E-state index contributed by atoms with van der Waals surface area (Å²) in [5.74, 6) is 0.159. The van der Waals surface area contributed by atoms with Gasteiger partial charge in [-0.2, -0.15) is 0 Å². The maximum Gasteiger partial charge on any atom is 0.259 e. The Kier molecular flexibility index (Phi) is 4.86. The molecule has 0 saturated carbocycles. The van der Waals surface area contributed by atoms with Crippen LogP contribution in [0, 0.1) is 0 Å². The van der Waals surface area contributed by atoms with Crippen molar-refractivity contribution in [2.24, 2.45) is 4.40 Å². The number of hydrogen-bond donors (Lipinski definition) is 1. The van der Waals surface area contributed by atoms with Crippen LogP contribution in [0.2, 0.25) is 0 Å². The molecule has 1 amide bonds. The molecule has 7 nitrogen and oxygen atoms in total. The molecule has 0 fully saturated rings. The summed E-state index contributed by atoms with van der Waals surface area (Å²) < 4.78 is 32.9. The highest BCUT2D eigenvalue weighted by molar-refractivity contribution is 7.90. The number of carbonyl (C=O) groups is 1. The summed E-state index contributed by atoms with van der Waals surface area (Å²) in [4.78, 5) is 14.6. The first-order valence-electron chi connectivity index (χ1n) is 8.59. The highest BCUT2D eigenvalue weighted by Crippen LogP contribution is 2.32. The van der Waals surface area contributed by atoms with Gasteiger partial charge in [-0.25, -0.2) is 8.42 Å². The normalized spacial score (nSPS) is 18.3. The van der Waals surface area contributed by atoms with Gasteiger partial charge in [0.1, 0.15) is 5.75 Å². The predicted octanol–water partition coefficient (Wildman–Crippen LogP) is 2.43. The molecule has 0 aromatic heterocycles. The maximum absolute atomic E-state index is 12.9. The van der Waals surface area contributed by atoms with Gasteiger partial charge in [-0.05, 0) is 35.3 Å². The summed E-state index contributed by atoms with van der Waals surface area (Å²) >= 11 is 0. The molecule has 1 aromatic carbocycles. The van der Waals surface area contributed by atoms with Crippen molar-refractivity contribution in [3.05, 3.63) is 47.7 Å². The predicted molar refractivity (Wildman–Crippen MR) is 105 cm³/mol. The number of amides is 1. The molecule has 1 aromatic rings. The number of ether oxygens (including phenoxy) is 1. The molecule has 2 heterocycles. The largest absolute Gasteiger partial charge is 0.495 e. The average molecular weight is 389 g/mol. The lowest BCUT2D eigenvalue weighted by Crippen LogP contribution is -2.40. The lowest BCUT2D eigenvalue weighted by atomic mass is 9.87. The third-order valence-corrected chi connectivity index (χ3v) is 5.57. The summed E-state index contributed by atoms with van der Waals surface area (Å²) in [6.07, 6.45) is 4.98. The van der Waals surface area contributed by atoms with E-state index in [0.717, 1.165) is 5.56 Å².